The number of ether oxygens (including phenoxy) is 1. The van der Waals surface area contributed by atoms with Crippen LogP contribution in [0.1, 0.15) is 25.7 Å². The Kier molecular flexibility index (Phi) is 3.35. The summed E-state index contributed by atoms with van der Waals surface area (Å²) in [5, 5.41) is 6.82. The van der Waals surface area contributed by atoms with Gasteiger partial charge in [0.2, 0.25) is 0 Å². The first-order valence-electron chi connectivity index (χ1n) is 7.79. The van der Waals surface area contributed by atoms with Crippen molar-refractivity contribution in [2.24, 2.45) is 0 Å². The molecule has 2 N–H and O–H groups in total. The summed E-state index contributed by atoms with van der Waals surface area (Å²) in [6, 6.07) is 8.48. The van der Waals surface area contributed by atoms with Gasteiger partial charge in [-0.05, 0) is 44.4 Å². The summed E-state index contributed by atoms with van der Waals surface area (Å²) in [6.45, 7) is 1.97. The molecular weight excluding hydrogens is 264 g/mol. The molecule has 5 nitrogen and oxygen atoms in total. The molecule has 5 heteroatoms. The maximum absolute atomic E-state index is 6.12. The van der Waals surface area contributed by atoms with E-state index in [1.165, 1.54) is 12.8 Å². The van der Waals surface area contributed by atoms with Gasteiger partial charge in [-0.2, -0.15) is 0 Å². The molecule has 2 aromatic rings. The van der Waals surface area contributed by atoms with Crippen molar-refractivity contribution >= 4 is 16.9 Å². The van der Waals surface area contributed by atoms with Crippen LogP contribution in [0.4, 0.5) is 5.82 Å². The van der Waals surface area contributed by atoms with Crippen LogP contribution in [0.25, 0.3) is 11.0 Å². The average Bonchev–Trinajstić information content (AvgIpc) is 3.33. The first-order valence-corrected chi connectivity index (χ1v) is 7.79. The topological polar surface area (TPSA) is 59.1 Å². The molecule has 1 saturated carbocycles. The van der Waals surface area contributed by atoms with Crippen molar-refractivity contribution in [2.75, 3.05) is 18.4 Å². The molecule has 1 aliphatic carbocycles. The average molecular weight is 284 g/mol. The summed E-state index contributed by atoms with van der Waals surface area (Å²) < 4.78 is 6.12. The standard InChI is InChI=1S/C16H20N4O/c1-2-6-14-13(5-1)19-15(18-11-7-8-11)16(20-14)21-12-4-3-9-17-10-12/h1-2,5-6,11-12,17H,3-4,7-10H2,(H,18,19)/t12-/m1/s1. The van der Waals surface area contributed by atoms with E-state index in [2.05, 4.69) is 15.6 Å². The number of aromatic nitrogens is 2. The minimum atomic E-state index is 0.189. The molecule has 1 saturated heterocycles. The van der Waals surface area contributed by atoms with Crippen LogP contribution in [0, 0.1) is 0 Å². The zero-order valence-electron chi connectivity index (χ0n) is 12.0. The molecule has 1 aromatic carbocycles. The monoisotopic (exact) mass is 284 g/mol. The lowest BCUT2D eigenvalue weighted by atomic mass is 10.1. The molecule has 0 spiro atoms. The van der Waals surface area contributed by atoms with Crippen LogP contribution in [0.2, 0.25) is 0 Å². The van der Waals surface area contributed by atoms with E-state index < -0.39 is 0 Å². The van der Waals surface area contributed by atoms with Gasteiger partial charge in [-0.25, -0.2) is 9.97 Å². The highest BCUT2D eigenvalue weighted by atomic mass is 16.5. The Hall–Kier alpha value is -1.88. The second kappa shape index (κ2) is 5.48. The Balaban J connectivity index is 1.65. The minimum Gasteiger partial charge on any atom is -0.470 e. The number of benzene rings is 1. The van der Waals surface area contributed by atoms with E-state index in [-0.39, 0.29) is 6.10 Å². The predicted molar refractivity (Wildman–Crippen MR) is 82.7 cm³/mol. The van der Waals surface area contributed by atoms with Gasteiger partial charge < -0.3 is 15.4 Å². The number of fused-ring (bicyclic) bond motifs is 1. The number of rotatable bonds is 4. The lowest BCUT2D eigenvalue weighted by molar-refractivity contribution is 0.161. The summed E-state index contributed by atoms with van der Waals surface area (Å²) in [4.78, 5) is 9.38. The van der Waals surface area contributed by atoms with Crippen molar-refractivity contribution in [3.63, 3.8) is 0 Å². The van der Waals surface area contributed by atoms with E-state index in [1.54, 1.807) is 0 Å². The van der Waals surface area contributed by atoms with Crippen LogP contribution in [0.5, 0.6) is 5.88 Å². The van der Waals surface area contributed by atoms with Crippen molar-refractivity contribution in [2.45, 2.75) is 37.8 Å². The largest absolute Gasteiger partial charge is 0.470 e. The highest BCUT2D eigenvalue weighted by Crippen LogP contribution is 2.30. The molecule has 2 aliphatic rings. The summed E-state index contributed by atoms with van der Waals surface area (Å²) in [6.07, 6.45) is 4.83. The summed E-state index contributed by atoms with van der Waals surface area (Å²) >= 11 is 0. The van der Waals surface area contributed by atoms with E-state index >= 15 is 0 Å². The third-order valence-electron chi connectivity index (χ3n) is 3.99. The molecule has 1 aromatic heterocycles. The predicted octanol–water partition coefficient (Wildman–Crippen LogP) is 2.33. The smallest absolute Gasteiger partial charge is 0.258 e. The third kappa shape index (κ3) is 2.93. The van der Waals surface area contributed by atoms with Gasteiger partial charge in [0.1, 0.15) is 6.10 Å². The Bertz CT molecular complexity index is 635. The Labute approximate surface area is 124 Å². The first kappa shape index (κ1) is 12.8. The fraction of sp³-hybridized carbons (Fsp3) is 0.500. The minimum absolute atomic E-state index is 0.189. The summed E-state index contributed by atoms with van der Waals surface area (Å²) in [5.74, 6) is 1.44. The van der Waals surface area contributed by atoms with E-state index in [4.69, 9.17) is 9.72 Å². The van der Waals surface area contributed by atoms with E-state index in [9.17, 15) is 0 Å². The van der Waals surface area contributed by atoms with Gasteiger partial charge in [-0.1, -0.05) is 12.1 Å². The quantitative estimate of drug-likeness (QED) is 0.902. The van der Waals surface area contributed by atoms with Crippen LogP contribution < -0.4 is 15.4 Å². The molecule has 1 atom stereocenters. The van der Waals surface area contributed by atoms with Crippen molar-refractivity contribution in [1.29, 1.82) is 0 Å². The molecule has 0 bridgehead atoms. The fourth-order valence-corrected chi connectivity index (χ4v) is 2.66. The zero-order valence-corrected chi connectivity index (χ0v) is 12.0. The first-order chi connectivity index (χ1) is 10.4. The number of para-hydroxylation sites is 2. The summed E-state index contributed by atoms with van der Waals surface area (Å²) in [5.41, 5.74) is 1.80. The number of piperidine rings is 1. The third-order valence-corrected chi connectivity index (χ3v) is 3.99. The molecule has 1 aliphatic heterocycles. The molecule has 0 radical (unpaired) electrons. The number of nitrogens with one attached hydrogen (secondary N) is 2. The second-order valence-corrected chi connectivity index (χ2v) is 5.87. The Morgan fingerprint density at radius 3 is 2.62 bits per heavy atom. The molecule has 21 heavy (non-hydrogen) atoms. The Morgan fingerprint density at radius 2 is 1.90 bits per heavy atom. The van der Waals surface area contributed by atoms with E-state index in [0.717, 1.165) is 42.8 Å². The molecule has 0 amide bonds. The normalized spacial score (nSPS) is 22.2. The van der Waals surface area contributed by atoms with Gasteiger partial charge >= 0.3 is 0 Å². The van der Waals surface area contributed by atoms with E-state index in [1.807, 2.05) is 24.3 Å². The fourth-order valence-electron chi connectivity index (χ4n) is 2.66. The van der Waals surface area contributed by atoms with Gasteiger partial charge in [0.25, 0.3) is 5.88 Å². The maximum atomic E-state index is 6.12. The van der Waals surface area contributed by atoms with Gasteiger partial charge in [-0.3, -0.25) is 0 Å². The molecule has 110 valence electrons. The van der Waals surface area contributed by atoms with Crippen LogP contribution in [-0.2, 0) is 0 Å². The molecule has 2 heterocycles. The number of nitrogens with zero attached hydrogens (tertiary/aromatic N) is 2. The van der Waals surface area contributed by atoms with Crippen LogP contribution in [0.15, 0.2) is 24.3 Å². The van der Waals surface area contributed by atoms with Crippen molar-refractivity contribution in [1.82, 2.24) is 15.3 Å². The van der Waals surface area contributed by atoms with Crippen LogP contribution in [0.3, 0.4) is 0 Å². The van der Waals surface area contributed by atoms with Gasteiger partial charge in [0.05, 0.1) is 11.0 Å². The molecular formula is C16H20N4O. The summed E-state index contributed by atoms with van der Waals surface area (Å²) in [7, 11) is 0. The van der Waals surface area contributed by atoms with Gasteiger partial charge in [0.15, 0.2) is 5.82 Å². The number of hydrogen-bond acceptors (Lipinski definition) is 5. The van der Waals surface area contributed by atoms with Gasteiger partial charge in [-0.15, -0.1) is 0 Å². The molecule has 0 unspecified atom stereocenters. The Morgan fingerprint density at radius 1 is 1.10 bits per heavy atom. The van der Waals surface area contributed by atoms with Crippen LogP contribution in [-0.4, -0.2) is 35.2 Å². The van der Waals surface area contributed by atoms with Crippen molar-refractivity contribution in [3.05, 3.63) is 24.3 Å². The number of anilines is 1. The highest BCUT2D eigenvalue weighted by Gasteiger charge is 2.25. The van der Waals surface area contributed by atoms with Crippen molar-refractivity contribution in [3.8, 4) is 5.88 Å². The number of hydrogen-bond donors (Lipinski definition) is 2. The lowest BCUT2D eigenvalue weighted by Crippen LogP contribution is -2.37. The van der Waals surface area contributed by atoms with Gasteiger partial charge in [0, 0.05) is 12.6 Å². The molecule has 2 fully saturated rings. The second-order valence-electron chi connectivity index (χ2n) is 5.87. The van der Waals surface area contributed by atoms with E-state index in [0.29, 0.717) is 11.9 Å². The van der Waals surface area contributed by atoms with Crippen molar-refractivity contribution < 1.29 is 4.74 Å². The lowest BCUT2D eigenvalue weighted by Gasteiger charge is -2.24. The maximum Gasteiger partial charge on any atom is 0.258 e. The SMILES string of the molecule is c1ccc2nc(O[C@@H]3CCCNC3)c(NC3CC3)nc2c1. The zero-order chi connectivity index (χ0) is 14.1. The highest BCUT2D eigenvalue weighted by molar-refractivity contribution is 5.77. The van der Waals surface area contributed by atoms with Crippen LogP contribution >= 0.6 is 0 Å². The molecule has 4 rings (SSSR count).